The highest BCUT2D eigenvalue weighted by molar-refractivity contribution is 5.75. The van der Waals surface area contributed by atoms with E-state index < -0.39 is 6.10 Å². The maximum absolute atomic E-state index is 11.9. The molecule has 0 aliphatic heterocycles. The van der Waals surface area contributed by atoms with Crippen LogP contribution in [0.15, 0.2) is 24.3 Å². The summed E-state index contributed by atoms with van der Waals surface area (Å²) in [5, 5.41) is 12.9. The Bertz CT molecular complexity index is 470. The van der Waals surface area contributed by atoms with E-state index in [1.807, 2.05) is 31.2 Å². The lowest BCUT2D eigenvalue weighted by Crippen LogP contribution is -2.28. The lowest BCUT2D eigenvalue weighted by Gasteiger charge is -2.12. The molecule has 3 heteroatoms. The Balaban J connectivity index is 1.94. The van der Waals surface area contributed by atoms with Gasteiger partial charge >= 0.3 is 0 Å². The van der Waals surface area contributed by atoms with Crippen molar-refractivity contribution in [1.82, 2.24) is 5.32 Å². The normalized spacial score (nSPS) is 12.1. The van der Waals surface area contributed by atoms with Gasteiger partial charge in [0.1, 0.15) is 0 Å². The van der Waals surface area contributed by atoms with Crippen LogP contribution in [0.1, 0.15) is 101 Å². The van der Waals surface area contributed by atoms with Crippen molar-refractivity contribution in [2.24, 2.45) is 0 Å². The van der Waals surface area contributed by atoms with Crippen LogP contribution >= 0.6 is 0 Å². The van der Waals surface area contributed by atoms with Crippen LogP contribution in [0.4, 0.5) is 0 Å². The number of nitrogens with one attached hydrogen (secondary N) is 1. The second-order valence-electron chi connectivity index (χ2n) is 7.52. The Morgan fingerprint density at radius 2 is 1.38 bits per heavy atom. The minimum absolute atomic E-state index is 0.0482. The predicted octanol–water partition coefficient (Wildman–Crippen LogP) is 5.85. The van der Waals surface area contributed by atoms with Gasteiger partial charge in [0.25, 0.3) is 0 Å². The van der Waals surface area contributed by atoms with Crippen molar-refractivity contribution >= 4 is 5.91 Å². The maximum atomic E-state index is 11.9. The number of aliphatic hydroxyl groups excluding tert-OH is 1. The van der Waals surface area contributed by atoms with E-state index >= 15 is 0 Å². The lowest BCUT2D eigenvalue weighted by atomic mass is 10.1. The summed E-state index contributed by atoms with van der Waals surface area (Å²) in [6.45, 7) is 4.57. The molecule has 1 amide bonds. The third-order valence-electron chi connectivity index (χ3n) is 4.96. The lowest BCUT2D eigenvalue weighted by molar-refractivity contribution is -0.121. The van der Waals surface area contributed by atoms with Crippen LogP contribution in [-0.2, 0) is 4.79 Å². The summed E-state index contributed by atoms with van der Waals surface area (Å²) in [4.78, 5) is 11.9. The summed E-state index contributed by atoms with van der Waals surface area (Å²) < 4.78 is 0. The standard InChI is InChI=1S/C23H39NO2/c1-3-4-5-6-7-8-9-10-11-12-13-14-23(26)24-19-22(25)21-17-15-20(2)16-18-21/h15-18,22,25H,3-14,19H2,1-2H3,(H,24,26)/t22-/m1/s1. The van der Waals surface area contributed by atoms with Gasteiger partial charge in [-0.25, -0.2) is 0 Å². The number of amides is 1. The Labute approximate surface area is 160 Å². The maximum Gasteiger partial charge on any atom is 0.220 e. The molecule has 1 aromatic rings. The van der Waals surface area contributed by atoms with Crippen LogP contribution in [-0.4, -0.2) is 17.6 Å². The number of rotatable bonds is 15. The molecule has 0 saturated heterocycles. The summed E-state index contributed by atoms with van der Waals surface area (Å²) in [6.07, 6.45) is 14.1. The molecular weight excluding hydrogens is 322 g/mol. The molecule has 2 N–H and O–H groups in total. The highest BCUT2D eigenvalue weighted by Gasteiger charge is 2.09. The molecule has 26 heavy (non-hydrogen) atoms. The predicted molar refractivity (Wildman–Crippen MR) is 110 cm³/mol. The summed E-state index contributed by atoms with van der Waals surface area (Å²) in [5.41, 5.74) is 2.02. The molecular formula is C23H39NO2. The number of hydrogen-bond acceptors (Lipinski definition) is 2. The molecule has 148 valence electrons. The molecule has 1 rings (SSSR count). The van der Waals surface area contributed by atoms with Gasteiger partial charge in [0.2, 0.25) is 5.91 Å². The van der Waals surface area contributed by atoms with Crippen molar-refractivity contribution in [3.63, 3.8) is 0 Å². The van der Waals surface area contributed by atoms with Gasteiger partial charge in [-0.05, 0) is 18.9 Å². The molecule has 1 atom stereocenters. The summed E-state index contributed by atoms with van der Waals surface area (Å²) in [6, 6.07) is 7.78. The van der Waals surface area contributed by atoms with Gasteiger partial charge in [0.05, 0.1) is 6.10 Å². The summed E-state index contributed by atoms with van der Waals surface area (Å²) in [7, 11) is 0. The number of benzene rings is 1. The fourth-order valence-corrected chi connectivity index (χ4v) is 3.16. The zero-order valence-electron chi connectivity index (χ0n) is 16.9. The van der Waals surface area contributed by atoms with E-state index in [1.165, 1.54) is 63.4 Å². The van der Waals surface area contributed by atoms with Crippen LogP contribution in [0.2, 0.25) is 0 Å². The van der Waals surface area contributed by atoms with Crippen molar-refractivity contribution in [3.8, 4) is 0 Å². The number of carbonyl (C=O) groups is 1. The Kier molecular flexibility index (Phi) is 12.9. The molecule has 0 unspecified atom stereocenters. The van der Waals surface area contributed by atoms with Crippen LogP contribution in [0.25, 0.3) is 0 Å². The number of carbonyl (C=O) groups excluding carboxylic acids is 1. The van der Waals surface area contributed by atoms with Gasteiger partial charge in [-0.15, -0.1) is 0 Å². The highest BCUT2D eigenvalue weighted by Crippen LogP contribution is 2.13. The molecule has 0 saturated carbocycles. The topological polar surface area (TPSA) is 49.3 Å². The van der Waals surface area contributed by atoms with Gasteiger partial charge in [0, 0.05) is 13.0 Å². The molecule has 0 spiro atoms. The fraction of sp³-hybridized carbons (Fsp3) is 0.696. The molecule has 0 radical (unpaired) electrons. The van der Waals surface area contributed by atoms with Crippen molar-refractivity contribution in [2.75, 3.05) is 6.54 Å². The van der Waals surface area contributed by atoms with E-state index in [0.29, 0.717) is 13.0 Å². The highest BCUT2D eigenvalue weighted by atomic mass is 16.3. The van der Waals surface area contributed by atoms with Gasteiger partial charge in [-0.1, -0.05) is 101 Å². The van der Waals surface area contributed by atoms with E-state index in [-0.39, 0.29) is 5.91 Å². The Morgan fingerprint density at radius 1 is 0.885 bits per heavy atom. The average Bonchev–Trinajstić information content (AvgIpc) is 2.64. The van der Waals surface area contributed by atoms with Crippen molar-refractivity contribution in [1.29, 1.82) is 0 Å². The number of aliphatic hydroxyl groups is 1. The zero-order chi connectivity index (χ0) is 19.0. The Morgan fingerprint density at radius 3 is 1.92 bits per heavy atom. The van der Waals surface area contributed by atoms with Crippen LogP contribution in [0.3, 0.4) is 0 Å². The first-order valence-electron chi connectivity index (χ1n) is 10.6. The van der Waals surface area contributed by atoms with E-state index in [4.69, 9.17) is 0 Å². The van der Waals surface area contributed by atoms with Gasteiger partial charge in [0.15, 0.2) is 0 Å². The van der Waals surface area contributed by atoms with Gasteiger partial charge in [-0.2, -0.15) is 0 Å². The van der Waals surface area contributed by atoms with Crippen LogP contribution < -0.4 is 5.32 Å². The second kappa shape index (κ2) is 14.8. The third-order valence-corrected chi connectivity index (χ3v) is 4.96. The molecule has 0 bridgehead atoms. The third kappa shape index (κ3) is 11.3. The van der Waals surface area contributed by atoms with E-state index in [2.05, 4.69) is 12.2 Å². The van der Waals surface area contributed by atoms with E-state index in [1.54, 1.807) is 0 Å². The van der Waals surface area contributed by atoms with Crippen molar-refractivity contribution in [2.45, 2.75) is 97.0 Å². The van der Waals surface area contributed by atoms with Crippen molar-refractivity contribution < 1.29 is 9.90 Å². The molecule has 0 fully saturated rings. The number of unbranched alkanes of at least 4 members (excludes halogenated alkanes) is 10. The number of aryl methyl sites for hydroxylation is 1. The largest absolute Gasteiger partial charge is 0.387 e. The van der Waals surface area contributed by atoms with E-state index in [9.17, 15) is 9.90 Å². The second-order valence-corrected chi connectivity index (χ2v) is 7.52. The van der Waals surface area contributed by atoms with E-state index in [0.717, 1.165) is 18.4 Å². The first kappa shape index (κ1) is 22.7. The number of hydrogen-bond donors (Lipinski definition) is 2. The summed E-state index contributed by atoms with van der Waals surface area (Å²) in [5.74, 6) is 0.0482. The van der Waals surface area contributed by atoms with Crippen LogP contribution in [0.5, 0.6) is 0 Å². The molecule has 3 nitrogen and oxygen atoms in total. The average molecular weight is 362 g/mol. The minimum Gasteiger partial charge on any atom is -0.387 e. The smallest absolute Gasteiger partial charge is 0.220 e. The molecule has 1 aromatic carbocycles. The SMILES string of the molecule is CCCCCCCCCCCCCC(=O)NC[C@@H](O)c1ccc(C)cc1. The molecule has 0 heterocycles. The first-order valence-corrected chi connectivity index (χ1v) is 10.6. The zero-order valence-corrected chi connectivity index (χ0v) is 16.9. The fourth-order valence-electron chi connectivity index (χ4n) is 3.16. The molecule has 0 aliphatic rings. The molecule has 0 aliphatic carbocycles. The monoisotopic (exact) mass is 361 g/mol. The minimum atomic E-state index is -0.628. The van der Waals surface area contributed by atoms with Gasteiger partial charge < -0.3 is 10.4 Å². The van der Waals surface area contributed by atoms with Gasteiger partial charge in [-0.3, -0.25) is 4.79 Å². The van der Waals surface area contributed by atoms with Crippen LogP contribution in [0, 0.1) is 6.92 Å². The first-order chi connectivity index (χ1) is 12.6. The van der Waals surface area contributed by atoms with Crippen molar-refractivity contribution in [3.05, 3.63) is 35.4 Å². The Hall–Kier alpha value is -1.35. The summed E-state index contributed by atoms with van der Waals surface area (Å²) >= 11 is 0. The molecule has 0 aromatic heterocycles. The quantitative estimate of drug-likeness (QED) is 0.385.